The maximum atomic E-state index is 12.0. The molecule has 0 fully saturated rings. The number of likely N-dealkylation sites (N-methyl/N-ethyl adjacent to an activating group) is 1. The van der Waals surface area contributed by atoms with Crippen molar-refractivity contribution in [1.29, 1.82) is 0 Å². The van der Waals surface area contributed by atoms with Gasteiger partial charge in [0.05, 0.1) is 17.1 Å². The number of nitrogens with zero attached hydrogens (tertiary/aromatic N) is 3. The van der Waals surface area contributed by atoms with Gasteiger partial charge in [0, 0.05) is 23.4 Å². The number of nitro groups is 1. The largest absolute Gasteiger partial charge is 0.491 e. The van der Waals surface area contributed by atoms with Crippen LogP contribution in [0, 0.1) is 10.1 Å². The van der Waals surface area contributed by atoms with Crippen molar-refractivity contribution in [3.8, 4) is 22.8 Å². The zero-order chi connectivity index (χ0) is 22.0. The molecule has 1 atom stereocenters. The van der Waals surface area contributed by atoms with Gasteiger partial charge in [-0.1, -0.05) is 0 Å². The summed E-state index contributed by atoms with van der Waals surface area (Å²) in [5.41, 5.74) is 12.1. The SMILES string of the molecule is C[C@@H](COc1cc(-c2cnc3c(c2)CCCO3)c([N+](=O)[O-])c(N)c1C(N)=O)N(C)C. The van der Waals surface area contributed by atoms with Crippen LogP contribution in [0.5, 0.6) is 11.6 Å². The van der Waals surface area contributed by atoms with Crippen LogP contribution in [0.25, 0.3) is 11.1 Å². The molecule has 0 spiro atoms. The Bertz CT molecular complexity index is 992. The molecule has 0 radical (unpaired) electrons. The first-order chi connectivity index (χ1) is 14.2. The lowest BCUT2D eigenvalue weighted by Gasteiger charge is -2.22. The monoisotopic (exact) mass is 415 g/mol. The van der Waals surface area contributed by atoms with Gasteiger partial charge in [-0.15, -0.1) is 0 Å². The minimum Gasteiger partial charge on any atom is -0.491 e. The molecule has 0 saturated heterocycles. The molecule has 0 saturated carbocycles. The average molecular weight is 415 g/mol. The molecule has 1 amide bonds. The summed E-state index contributed by atoms with van der Waals surface area (Å²) in [6.07, 6.45) is 3.07. The van der Waals surface area contributed by atoms with E-state index in [2.05, 4.69) is 4.98 Å². The molecule has 0 unspecified atom stereocenters. The number of primary amides is 1. The second-order valence-electron chi connectivity index (χ2n) is 7.44. The van der Waals surface area contributed by atoms with E-state index in [-0.39, 0.29) is 35.2 Å². The lowest BCUT2D eigenvalue weighted by molar-refractivity contribution is -0.383. The fourth-order valence-corrected chi connectivity index (χ4v) is 3.20. The highest BCUT2D eigenvalue weighted by Crippen LogP contribution is 2.42. The number of hydrogen-bond acceptors (Lipinski definition) is 8. The van der Waals surface area contributed by atoms with E-state index in [4.69, 9.17) is 20.9 Å². The van der Waals surface area contributed by atoms with Crippen LogP contribution in [0.15, 0.2) is 18.3 Å². The number of pyridine rings is 1. The first-order valence-electron chi connectivity index (χ1n) is 9.52. The van der Waals surface area contributed by atoms with Crippen LogP contribution in [0.3, 0.4) is 0 Å². The van der Waals surface area contributed by atoms with E-state index in [9.17, 15) is 14.9 Å². The molecule has 10 nitrogen and oxygen atoms in total. The molecule has 2 aromatic rings. The molecule has 1 aromatic carbocycles. The van der Waals surface area contributed by atoms with Crippen molar-refractivity contribution >= 4 is 17.3 Å². The summed E-state index contributed by atoms with van der Waals surface area (Å²) in [6.45, 7) is 2.76. The van der Waals surface area contributed by atoms with Crippen LogP contribution in [0.2, 0.25) is 0 Å². The van der Waals surface area contributed by atoms with Crippen molar-refractivity contribution < 1.29 is 19.2 Å². The van der Waals surface area contributed by atoms with Crippen LogP contribution < -0.4 is 20.9 Å². The van der Waals surface area contributed by atoms with E-state index in [1.165, 1.54) is 12.3 Å². The molecule has 3 rings (SSSR count). The van der Waals surface area contributed by atoms with Gasteiger partial charge in [0.25, 0.3) is 5.91 Å². The van der Waals surface area contributed by atoms with Gasteiger partial charge in [0.1, 0.15) is 23.6 Å². The topological polar surface area (TPSA) is 147 Å². The number of benzene rings is 1. The Kier molecular flexibility index (Phi) is 6.06. The number of hydrogen-bond donors (Lipinski definition) is 2. The molecule has 160 valence electrons. The molecule has 10 heteroatoms. The quantitative estimate of drug-likeness (QED) is 0.396. The van der Waals surface area contributed by atoms with Crippen molar-refractivity contribution in [2.75, 3.05) is 33.0 Å². The lowest BCUT2D eigenvalue weighted by atomic mass is 9.97. The summed E-state index contributed by atoms with van der Waals surface area (Å²) in [4.78, 5) is 29.5. The molecule has 4 N–H and O–H groups in total. The van der Waals surface area contributed by atoms with E-state index in [1.807, 2.05) is 25.9 Å². The number of carbonyl (C=O) groups is 1. The van der Waals surface area contributed by atoms with Gasteiger partial charge < -0.3 is 25.8 Å². The third-order valence-electron chi connectivity index (χ3n) is 5.16. The van der Waals surface area contributed by atoms with Gasteiger partial charge in [0.2, 0.25) is 5.88 Å². The summed E-state index contributed by atoms with van der Waals surface area (Å²) in [5.74, 6) is -0.277. The minimum atomic E-state index is -0.897. The predicted molar refractivity (Wildman–Crippen MR) is 112 cm³/mol. The third-order valence-corrected chi connectivity index (χ3v) is 5.16. The number of nitrogens with two attached hydrogens (primary N) is 2. The number of aromatic nitrogens is 1. The zero-order valence-corrected chi connectivity index (χ0v) is 17.2. The number of amides is 1. The number of ether oxygens (including phenoxy) is 2. The Balaban J connectivity index is 2.16. The number of anilines is 1. The molecule has 1 aliphatic rings. The number of nitrogen functional groups attached to an aromatic ring is 1. The maximum absolute atomic E-state index is 12.0. The second kappa shape index (κ2) is 8.54. The number of aryl methyl sites for hydroxylation is 1. The molecule has 1 aromatic heterocycles. The van der Waals surface area contributed by atoms with E-state index in [0.29, 0.717) is 18.1 Å². The van der Waals surface area contributed by atoms with Crippen LogP contribution in [-0.2, 0) is 6.42 Å². The molecule has 0 aliphatic carbocycles. The van der Waals surface area contributed by atoms with Crippen molar-refractivity contribution in [3.05, 3.63) is 39.6 Å². The van der Waals surface area contributed by atoms with Crippen molar-refractivity contribution in [2.24, 2.45) is 5.73 Å². The van der Waals surface area contributed by atoms with Gasteiger partial charge >= 0.3 is 5.69 Å². The second-order valence-corrected chi connectivity index (χ2v) is 7.44. The highest BCUT2D eigenvalue weighted by atomic mass is 16.6. The summed E-state index contributed by atoms with van der Waals surface area (Å²) >= 11 is 0. The number of carbonyl (C=O) groups excluding carboxylic acids is 1. The molecule has 30 heavy (non-hydrogen) atoms. The Morgan fingerprint density at radius 1 is 1.43 bits per heavy atom. The molecule has 2 heterocycles. The highest BCUT2D eigenvalue weighted by molar-refractivity contribution is 6.05. The average Bonchev–Trinajstić information content (AvgIpc) is 2.70. The van der Waals surface area contributed by atoms with Crippen LogP contribution >= 0.6 is 0 Å². The summed E-state index contributed by atoms with van der Waals surface area (Å²) < 4.78 is 11.3. The van der Waals surface area contributed by atoms with Crippen LogP contribution in [-0.4, -0.2) is 54.1 Å². The first kappa shape index (κ1) is 21.3. The van der Waals surface area contributed by atoms with Gasteiger partial charge in [-0.2, -0.15) is 0 Å². The molecule has 1 aliphatic heterocycles. The fourth-order valence-electron chi connectivity index (χ4n) is 3.20. The van der Waals surface area contributed by atoms with E-state index < -0.39 is 16.5 Å². The zero-order valence-electron chi connectivity index (χ0n) is 17.2. The van der Waals surface area contributed by atoms with Crippen molar-refractivity contribution in [3.63, 3.8) is 0 Å². The van der Waals surface area contributed by atoms with Crippen LogP contribution in [0.4, 0.5) is 11.4 Å². The highest BCUT2D eigenvalue weighted by Gasteiger charge is 2.29. The van der Waals surface area contributed by atoms with Gasteiger partial charge in [-0.05, 0) is 46.0 Å². The number of rotatable bonds is 7. The third kappa shape index (κ3) is 4.13. The van der Waals surface area contributed by atoms with Gasteiger partial charge in [0.15, 0.2) is 0 Å². The Morgan fingerprint density at radius 2 is 2.17 bits per heavy atom. The first-order valence-corrected chi connectivity index (χ1v) is 9.52. The van der Waals surface area contributed by atoms with E-state index in [1.54, 1.807) is 6.07 Å². The standard InChI is InChI=1S/C20H25N5O5/c1-11(24(2)3)10-30-15-8-14(18(25(27)28)17(21)16(15)19(22)26)13-7-12-5-4-6-29-20(12)23-9-13/h7-9,11H,4-6,10,21H2,1-3H3,(H2,22,26)/t11-/m0/s1. The Morgan fingerprint density at radius 3 is 2.80 bits per heavy atom. The van der Waals surface area contributed by atoms with Gasteiger partial charge in [-0.3, -0.25) is 14.9 Å². The normalized spacial score (nSPS) is 14.0. The molecular formula is C20H25N5O5. The number of nitro benzene ring substituents is 1. The molecular weight excluding hydrogens is 390 g/mol. The predicted octanol–water partition coefficient (Wildman–Crippen LogP) is 1.99. The van der Waals surface area contributed by atoms with E-state index in [0.717, 1.165) is 18.4 Å². The summed E-state index contributed by atoms with van der Waals surface area (Å²) in [6, 6.07) is 3.25. The van der Waals surface area contributed by atoms with Crippen molar-refractivity contribution in [2.45, 2.75) is 25.8 Å². The fraction of sp³-hybridized carbons (Fsp3) is 0.400. The smallest absolute Gasteiger partial charge is 0.301 e. The Labute approximate surface area is 173 Å². The summed E-state index contributed by atoms with van der Waals surface area (Å²) in [7, 11) is 3.78. The maximum Gasteiger partial charge on any atom is 0.301 e. The van der Waals surface area contributed by atoms with E-state index >= 15 is 0 Å². The lowest BCUT2D eigenvalue weighted by Crippen LogP contribution is -2.31. The molecule has 0 bridgehead atoms. The van der Waals surface area contributed by atoms with Gasteiger partial charge in [-0.25, -0.2) is 4.98 Å². The minimum absolute atomic E-state index is 0.0214. The summed E-state index contributed by atoms with van der Waals surface area (Å²) in [5, 5.41) is 11.8. The van der Waals surface area contributed by atoms with Crippen LogP contribution in [0.1, 0.15) is 29.3 Å². The number of fused-ring (bicyclic) bond motifs is 1. The Hall–Kier alpha value is -3.40. The van der Waals surface area contributed by atoms with Crippen molar-refractivity contribution in [1.82, 2.24) is 9.88 Å².